The maximum absolute atomic E-state index is 5.43. The van der Waals surface area contributed by atoms with Gasteiger partial charge in [0, 0.05) is 39.4 Å². The molecule has 0 spiro atoms. The number of nitrogens with zero attached hydrogens (tertiary/aromatic N) is 2. The zero-order valence-corrected chi connectivity index (χ0v) is 16.8. The van der Waals surface area contributed by atoms with Gasteiger partial charge in [-0.1, -0.05) is 24.3 Å². The van der Waals surface area contributed by atoms with Crippen LogP contribution in [0.25, 0.3) is 0 Å². The van der Waals surface area contributed by atoms with E-state index in [2.05, 4.69) is 57.9 Å². The number of para-hydroxylation sites is 1. The topological polar surface area (TPSA) is 58.1 Å². The molecule has 28 heavy (non-hydrogen) atoms. The minimum atomic E-state index is 0.314. The fourth-order valence-electron chi connectivity index (χ4n) is 3.13. The lowest BCUT2D eigenvalue weighted by molar-refractivity contribution is 0.174. The SMILES string of the molecule is CN=C(NCCCCN(C)c1ccccc1)NCCc1ccc2c(c1)OCO2. The Hall–Kier alpha value is -2.89. The summed E-state index contributed by atoms with van der Waals surface area (Å²) in [6.07, 6.45) is 3.13. The molecular weight excluding hydrogens is 352 g/mol. The first-order chi connectivity index (χ1) is 13.8. The van der Waals surface area contributed by atoms with E-state index in [-0.39, 0.29) is 0 Å². The number of aliphatic imine (C=N–C) groups is 1. The number of ether oxygens (including phenoxy) is 2. The predicted octanol–water partition coefficient (Wildman–Crippen LogP) is 3.04. The van der Waals surface area contributed by atoms with Gasteiger partial charge >= 0.3 is 0 Å². The third-order valence-corrected chi connectivity index (χ3v) is 4.78. The van der Waals surface area contributed by atoms with Gasteiger partial charge < -0.3 is 25.0 Å². The number of guanidine groups is 1. The van der Waals surface area contributed by atoms with Gasteiger partial charge in [0.05, 0.1) is 0 Å². The Morgan fingerprint density at radius 3 is 2.61 bits per heavy atom. The maximum Gasteiger partial charge on any atom is 0.231 e. The molecule has 0 aliphatic carbocycles. The molecule has 0 saturated carbocycles. The maximum atomic E-state index is 5.43. The number of anilines is 1. The van der Waals surface area contributed by atoms with Crippen molar-refractivity contribution in [2.45, 2.75) is 19.3 Å². The molecule has 0 saturated heterocycles. The molecule has 0 fully saturated rings. The van der Waals surface area contributed by atoms with E-state index in [0.29, 0.717) is 6.79 Å². The van der Waals surface area contributed by atoms with Crippen molar-refractivity contribution in [2.75, 3.05) is 45.4 Å². The van der Waals surface area contributed by atoms with Crippen molar-refractivity contribution in [2.24, 2.45) is 4.99 Å². The summed E-state index contributed by atoms with van der Waals surface area (Å²) in [4.78, 5) is 6.59. The van der Waals surface area contributed by atoms with Gasteiger partial charge in [0.25, 0.3) is 0 Å². The molecular formula is C22H30N4O2. The molecule has 0 radical (unpaired) electrons. The molecule has 6 nitrogen and oxygen atoms in total. The lowest BCUT2D eigenvalue weighted by Gasteiger charge is -2.19. The largest absolute Gasteiger partial charge is 0.454 e. The monoisotopic (exact) mass is 382 g/mol. The van der Waals surface area contributed by atoms with E-state index in [4.69, 9.17) is 9.47 Å². The summed E-state index contributed by atoms with van der Waals surface area (Å²) < 4.78 is 10.8. The summed E-state index contributed by atoms with van der Waals surface area (Å²) in [6, 6.07) is 16.6. The van der Waals surface area contributed by atoms with Crippen molar-refractivity contribution in [1.29, 1.82) is 0 Å². The van der Waals surface area contributed by atoms with Gasteiger partial charge in [0.2, 0.25) is 6.79 Å². The average Bonchev–Trinajstić information content (AvgIpc) is 3.20. The third-order valence-electron chi connectivity index (χ3n) is 4.78. The van der Waals surface area contributed by atoms with E-state index in [9.17, 15) is 0 Å². The molecule has 1 aliphatic rings. The second kappa shape index (κ2) is 10.4. The van der Waals surface area contributed by atoms with Crippen LogP contribution >= 0.6 is 0 Å². The molecule has 6 heteroatoms. The van der Waals surface area contributed by atoms with Crippen LogP contribution in [0, 0.1) is 0 Å². The summed E-state index contributed by atoms with van der Waals surface area (Å²) in [5, 5.41) is 6.75. The van der Waals surface area contributed by atoms with Crippen LogP contribution in [0.5, 0.6) is 11.5 Å². The first-order valence-corrected chi connectivity index (χ1v) is 9.85. The Bertz CT molecular complexity index is 764. The van der Waals surface area contributed by atoms with Crippen LogP contribution in [0.2, 0.25) is 0 Å². The lowest BCUT2D eigenvalue weighted by atomic mass is 10.1. The highest BCUT2D eigenvalue weighted by molar-refractivity contribution is 5.79. The van der Waals surface area contributed by atoms with E-state index < -0.39 is 0 Å². The normalized spacial score (nSPS) is 12.7. The Kier molecular flexibility index (Phi) is 7.41. The quantitative estimate of drug-likeness (QED) is 0.397. The Morgan fingerprint density at radius 2 is 1.79 bits per heavy atom. The zero-order chi connectivity index (χ0) is 19.6. The Labute approximate surface area is 167 Å². The fourth-order valence-corrected chi connectivity index (χ4v) is 3.13. The number of unbranched alkanes of at least 4 members (excludes halogenated alkanes) is 1. The van der Waals surface area contributed by atoms with Crippen LogP contribution in [-0.2, 0) is 6.42 Å². The summed E-state index contributed by atoms with van der Waals surface area (Å²) in [5.41, 5.74) is 2.48. The van der Waals surface area contributed by atoms with Gasteiger partial charge in [0.15, 0.2) is 17.5 Å². The van der Waals surface area contributed by atoms with Crippen LogP contribution in [0.3, 0.4) is 0 Å². The molecule has 0 unspecified atom stereocenters. The number of benzene rings is 2. The lowest BCUT2D eigenvalue weighted by Crippen LogP contribution is -2.38. The van der Waals surface area contributed by atoms with Crippen molar-refractivity contribution in [3.05, 3.63) is 54.1 Å². The first-order valence-electron chi connectivity index (χ1n) is 9.85. The molecule has 0 atom stereocenters. The fraction of sp³-hybridized carbons (Fsp3) is 0.409. The van der Waals surface area contributed by atoms with Crippen molar-refractivity contribution in [1.82, 2.24) is 10.6 Å². The van der Waals surface area contributed by atoms with Gasteiger partial charge in [-0.3, -0.25) is 4.99 Å². The molecule has 3 rings (SSSR count). The highest BCUT2D eigenvalue weighted by Crippen LogP contribution is 2.32. The molecule has 1 aliphatic heterocycles. The van der Waals surface area contributed by atoms with Crippen LogP contribution in [0.15, 0.2) is 53.5 Å². The van der Waals surface area contributed by atoms with Gasteiger partial charge in [-0.2, -0.15) is 0 Å². The van der Waals surface area contributed by atoms with Crippen molar-refractivity contribution in [3.8, 4) is 11.5 Å². The highest BCUT2D eigenvalue weighted by atomic mass is 16.7. The number of nitrogens with one attached hydrogen (secondary N) is 2. The Morgan fingerprint density at radius 1 is 1.00 bits per heavy atom. The van der Waals surface area contributed by atoms with Crippen LogP contribution in [0.4, 0.5) is 5.69 Å². The third kappa shape index (κ3) is 5.81. The minimum Gasteiger partial charge on any atom is -0.454 e. The van der Waals surface area contributed by atoms with E-state index in [1.54, 1.807) is 7.05 Å². The van der Waals surface area contributed by atoms with Crippen molar-refractivity contribution in [3.63, 3.8) is 0 Å². The van der Waals surface area contributed by atoms with E-state index in [0.717, 1.165) is 56.4 Å². The highest BCUT2D eigenvalue weighted by Gasteiger charge is 2.12. The first kappa shape index (κ1) is 19.9. The molecule has 1 heterocycles. The van der Waals surface area contributed by atoms with Crippen molar-refractivity contribution >= 4 is 11.6 Å². The summed E-state index contributed by atoms with van der Waals surface area (Å²) in [7, 11) is 3.94. The molecule has 2 aromatic rings. The number of hydrogen-bond donors (Lipinski definition) is 2. The van der Waals surface area contributed by atoms with E-state index in [1.807, 2.05) is 18.2 Å². The summed E-state index contributed by atoms with van der Waals surface area (Å²) in [5.74, 6) is 2.50. The molecule has 0 bridgehead atoms. The molecule has 0 aromatic heterocycles. The molecule has 2 N–H and O–H groups in total. The Balaban J connectivity index is 1.29. The summed E-state index contributed by atoms with van der Waals surface area (Å²) >= 11 is 0. The van der Waals surface area contributed by atoms with Crippen LogP contribution in [-0.4, -0.2) is 46.5 Å². The molecule has 0 amide bonds. The standard InChI is InChI=1S/C22H30N4O2/c1-23-22(24-13-6-7-15-26(2)19-8-4-3-5-9-19)25-14-12-18-10-11-20-21(16-18)28-17-27-20/h3-5,8-11,16H,6-7,12-15,17H2,1-2H3,(H2,23,24,25). The number of fused-ring (bicyclic) bond motifs is 1. The minimum absolute atomic E-state index is 0.314. The van der Waals surface area contributed by atoms with Crippen LogP contribution in [0.1, 0.15) is 18.4 Å². The smallest absolute Gasteiger partial charge is 0.231 e. The molecule has 2 aromatic carbocycles. The number of rotatable bonds is 9. The number of hydrogen-bond acceptors (Lipinski definition) is 4. The van der Waals surface area contributed by atoms with Crippen LogP contribution < -0.4 is 25.0 Å². The molecule has 150 valence electrons. The van der Waals surface area contributed by atoms with Gasteiger partial charge in [0.1, 0.15) is 0 Å². The second-order valence-corrected chi connectivity index (χ2v) is 6.83. The average molecular weight is 383 g/mol. The predicted molar refractivity (Wildman–Crippen MR) is 115 cm³/mol. The zero-order valence-electron chi connectivity index (χ0n) is 16.8. The van der Waals surface area contributed by atoms with E-state index in [1.165, 1.54) is 11.3 Å². The van der Waals surface area contributed by atoms with Gasteiger partial charge in [-0.25, -0.2) is 0 Å². The van der Waals surface area contributed by atoms with Gasteiger partial charge in [-0.05, 0) is 49.1 Å². The van der Waals surface area contributed by atoms with E-state index >= 15 is 0 Å². The summed E-state index contributed by atoms with van der Waals surface area (Å²) in [6.45, 7) is 3.08. The van der Waals surface area contributed by atoms with Crippen molar-refractivity contribution < 1.29 is 9.47 Å². The van der Waals surface area contributed by atoms with Gasteiger partial charge in [-0.15, -0.1) is 0 Å². The second-order valence-electron chi connectivity index (χ2n) is 6.83.